The molecule has 0 bridgehead atoms. The van der Waals surface area contributed by atoms with Gasteiger partial charge in [0.05, 0.1) is 0 Å². The maximum atomic E-state index is 13.6. The molecular formula is C29H43F. The van der Waals surface area contributed by atoms with Crippen LogP contribution in [0.15, 0.2) is 48.1 Å². The molecular weight excluding hydrogens is 367 g/mol. The highest BCUT2D eigenvalue weighted by atomic mass is 19.1. The van der Waals surface area contributed by atoms with Crippen molar-refractivity contribution >= 4 is 5.57 Å². The van der Waals surface area contributed by atoms with Crippen LogP contribution in [0.2, 0.25) is 0 Å². The van der Waals surface area contributed by atoms with E-state index in [9.17, 15) is 4.39 Å². The Labute approximate surface area is 185 Å². The zero-order valence-electron chi connectivity index (χ0n) is 20.2. The van der Waals surface area contributed by atoms with E-state index in [1.54, 1.807) is 0 Å². The van der Waals surface area contributed by atoms with Gasteiger partial charge in [0, 0.05) is 0 Å². The fraction of sp³-hybridized carbons (Fsp3) is 0.586. The van der Waals surface area contributed by atoms with E-state index < -0.39 is 6.17 Å². The predicted octanol–water partition coefficient (Wildman–Crippen LogP) is 9.04. The number of allylic oxidation sites excluding steroid dienone is 5. The van der Waals surface area contributed by atoms with Crippen LogP contribution < -0.4 is 0 Å². The molecule has 30 heavy (non-hydrogen) atoms. The summed E-state index contributed by atoms with van der Waals surface area (Å²) in [6.45, 7) is 17.4. The first-order valence-corrected chi connectivity index (χ1v) is 12.0. The molecule has 0 heterocycles. The minimum atomic E-state index is -0.749. The normalized spacial score (nSPS) is 21.3. The summed E-state index contributed by atoms with van der Waals surface area (Å²) in [4.78, 5) is 0. The molecule has 0 nitrogen and oxygen atoms in total. The minimum absolute atomic E-state index is 0.487. The summed E-state index contributed by atoms with van der Waals surface area (Å²) in [5.41, 5.74) is 7.53. The van der Waals surface area contributed by atoms with Crippen molar-refractivity contribution in [2.24, 2.45) is 17.8 Å². The maximum absolute atomic E-state index is 13.6. The van der Waals surface area contributed by atoms with Gasteiger partial charge in [0.15, 0.2) is 0 Å². The van der Waals surface area contributed by atoms with Crippen LogP contribution in [0.25, 0.3) is 5.57 Å². The number of aryl methyl sites for hydroxylation is 1. The Balaban J connectivity index is 2.02. The van der Waals surface area contributed by atoms with E-state index in [2.05, 4.69) is 65.5 Å². The van der Waals surface area contributed by atoms with Crippen LogP contribution in [0.4, 0.5) is 4.39 Å². The number of alkyl halides is 1. The lowest BCUT2D eigenvalue weighted by molar-refractivity contribution is 0.327. The Kier molecular flexibility index (Phi) is 9.59. The van der Waals surface area contributed by atoms with Crippen LogP contribution in [0, 0.1) is 24.7 Å². The van der Waals surface area contributed by atoms with E-state index >= 15 is 0 Å². The molecule has 1 aromatic carbocycles. The first kappa shape index (κ1) is 24.6. The molecule has 0 aromatic heterocycles. The number of hydrogen-bond acceptors (Lipinski definition) is 0. The minimum Gasteiger partial charge on any atom is -0.247 e. The molecule has 3 atom stereocenters. The Morgan fingerprint density at radius 1 is 1.20 bits per heavy atom. The third-order valence-corrected chi connectivity index (χ3v) is 7.17. The van der Waals surface area contributed by atoms with Crippen molar-refractivity contribution in [1.82, 2.24) is 0 Å². The van der Waals surface area contributed by atoms with Crippen LogP contribution in [-0.4, -0.2) is 6.17 Å². The lowest BCUT2D eigenvalue weighted by Gasteiger charge is -2.14. The van der Waals surface area contributed by atoms with Crippen LogP contribution in [0.1, 0.15) is 89.8 Å². The van der Waals surface area contributed by atoms with Crippen molar-refractivity contribution in [2.75, 3.05) is 0 Å². The number of halogens is 1. The molecule has 2 rings (SSSR count). The van der Waals surface area contributed by atoms with E-state index in [-0.39, 0.29) is 0 Å². The zero-order valence-corrected chi connectivity index (χ0v) is 20.2. The summed E-state index contributed by atoms with van der Waals surface area (Å²) in [5.74, 6) is 2.59. The predicted molar refractivity (Wildman–Crippen MR) is 132 cm³/mol. The molecule has 1 aromatic rings. The highest BCUT2D eigenvalue weighted by Crippen LogP contribution is 2.38. The van der Waals surface area contributed by atoms with Crippen molar-refractivity contribution < 1.29 is 4.39 Å². The van der Waals surface area contributed by atoms with Gasteiger partial charge < -0.3 is 0 Å². The molecule has 166 valence electrons. The van der Waals surface area contributed by atoms with Gasteiger partial charge in [-0.1, -0.05) is 63.3 Å². The Morgan fingerprint density at radius 3 is 2.57 bits per heavy atom. The zero-order chi connectivity index (χ0) is 22.3. The standard InChI is InChI=1S/C29H43F/c1-8-29(30)16-11-21(4)24(7)17-28-19-27(14-10-23(28)6)22(5)9-12-25-13-15-26(18-25)20(2)3/h9-11,14,19-20,25-26,29H,7-8,12-13,15-18H2,1-6H3/b21-11+,22-9+. The van der Waals surface area contributed by atoms with Gasteiger partial charge in [0.25, 0.3) is 0 Å². The topological polar surface area (TPSA) is 0 Å². The van der Waals surface area contributed by atoms with Gasteiger partial charge in [-0.15, -0.1) is 0 Å². The average molecular weight is 411 g/mol. The quantitative estimate of drug-likeness (QED) is 0.337. The molecule has 0 amide bonds. The van der Waals surface area contributed by atoms with Crippen molar-refractivity contribution in [2.45, 2.75) is 92.7 Å². The number of rotatable bonds is 10. The van der Waals surface area contributed by atoms with Crippen LogP contribution in [0.5, 0.6) is 0 Å². The number of benzene rings is 1. The largest absolute Gasteiger partial charge is 0.247 e. The fourth-order valence-corrected chi connectivity index (χ4v) is 4.49. The molecule has 0 N–H and O–H groups in total. The lowest BCUT2D eigenvalue weighted by Crippen LogP contribution is -2.03. The number of hydrogen-bond donors (Lipinski definition) is 0. The van der Waals surface area contributed by atoms with E-state index in [1.807, 2.05) is 13.0 Å². The molecule has 0 saturated heterocycles. The van der Waals surface area contributed by atoms with Gasteiger partial charge in [0.2, 0.25) is 0 Å². The van der Waals surface area contributed by atoms with E-state index in [0.29, 0.717) is 12.8 Å². The highest BCUT2D eigenvalue weighted by Gasteiger charge is 2.25. The summed E-state index contributed by atoms with van der Waals surface area (Å²) in [7, 11) is 0. The van der Waals surface area contributed by atoms with Crippen LogP contribution >= 0.6 is 0 Å². The Bertz CT molecular complexity index is 765. The SMILES string of the molecule is C=C(Cc1cc(/C(C)=C/CC2CCC(C(C)C)C2)ccc1C)/C(C)=C/CC(F)CC. The van der Waals surface area contributed by atoms with Gasteiger partial charge in [-0.25, -0.2) is 4.39 Å². The van der Waals surface area contributed by atoms with Crippen molar-refractivity contribution in [1.29, 1.82) is 0 Å². The van der Waals surface area contributed by atoms with Gasteiger partial charge in [0.1, 0.15) is 6.17 Å². The second-order valence-electron chi connectivity index (χ2n) is 9.86. The first-order chi connectivity index (χ1) is 14.2. The molecule has 0 spiro atoms. The monoisotopic (exact) mass is 410 g/mol. The molecule has 1 saturated carbocycles. The summed E-state index contributed by atoms with van der Waals surface area (Å²) in [6, 6.07) is 6.80. The molecule has 3 unspecified atom stereocenters. The van der Waals surface area contributed by atoms with E-state index in [0.717, 1.165) is 35.3 Å². The third-order valence-electron chi connectivity index (χ3n) is 7.17. The maximum Gasteiger partial charge on any atom is 0.103 e. The molecule has 1 fully saturated rings. The first-order valence-electron chi connectivity index (χ1n) is 12.0. The molecule has 1 aliphatic rings. The highest BCUT2D eigenvalue weighted by molar-refractivity contribution is 5.65. The summed E-state index contributed by atoms with van der Waals surface area (Å²) >= 11 is 0. The molecule has 0 radical (unpaired) electrons. The average Bonchev–Trinajstić information content (AvgIpc) is 3.20. The van der Waals surface area contributed by atoms with Gasteiger partial charge in [-0.05, 0) is 111 Å². The summed E-state index contributed by atoms with van der Waals surface area (Å²) in [5, 5.41) is 0. The Hall–Kier alpha value is -1.63. The van der Waals surface area contributed by atoms with Crippen LogP contribution in [-0.2, 0) is 6.42 Å². The third kappa shape index (κ3) is 7.25. The van der Waals surface area contributed by atoms with Crippen molar-refractivity contribution in [3.63, 3.8) is 0 Å². The molecule has 0 aliphatic heterocycles. The molecule has 1 aliphatic carbocycles. The summed E-state index contributed by atoms with van der Waals surface area (Å²) < 4.78 is 13.6. The van der Waals surface area contributed by atoms with Crippen LogP contribution in [0.3, 0.4) is 0 Å². The van der Waals surface area contributed by atoms with Gasteiger partial charge >= 0.3 is 0 Å². The fourth-order valence-electron chi connectivity index (χ4n) is 4.49. The Morgan fingerprint density at radius 2 is 1.93 bits per heavy atom. The molecule has 1 heteroatoms. The van der Waals surface area contributed by atoms with E-state index in [4.69, 9.17) is 0 Å². The summed E-state index contributed by atoms with van der Waals surface area (Å²) in [6.07, 6.45) is 11.0. The van der Waals surface area contributed by atoms with Gasteiger partial charge in [-0.2, -0.15) is 0 Å². The second kappa shape index (κ2) is 11.7. The lowest BCUT2D eigenvalue weighted by atomic mass is 9.91. The smallest absolute Gasteiger partial charge is 0.103 e. The van der Waals surface area contributed by atoms with E-state index in [1.165, 1.54) is 47.9 Å². The van der Waals surface area contributed by atoms with Crippen molar-refractivity contribution in [3.05, 3.63) is 64.8 Å². The van der Waals surface area contributed by atoms with Gasteiger partial charge in [-0.3, -0.25) is 0 Å². The van der Waals surface area contributed by atoms with Crippen molar-refractivity contribution in [3.8, 4) is 0 Å². The second-order valence-corrected chi connectivity index (χ2v) is 9.86.